The van der Waals surface area contributed by atoms with Gasteiger partial charge in [-0.2, -0.15) is 0 Å². The Morgan fingerprint density at radius 2 is 1.92 bits per heavy atom. The zero-order valence-corrected chi connectivity index (χ0v) is 15.8. The van der Waals surface area contributed by atoms with Gasteiger partial charge in [0.1, 0.15) is 5.75 Å². The van der Waals surface area contributed by atoms with Gasteiger partial charge in [0, 0.05) is 26.7 Å². The van der Waals surface area contributed by atoms with Gasteiger partial charge in [-0.1, -0.05) is 0 Å². The van der Waals surface area contributed by atoms with Crippen molar-refractivity contribution in [3.8, 4) is 5.75 Å². The van der Waals surface area contributed by atoms with E-state index in [4.69, 9.17) is 19.4 Å². The molecule has 0 aliphatic carbocycles. The molecule has 0 aromatic heterocycles. The molecule has 1 amide bonds. The van der Waals surface area contributed by atoms with E-state index in [1.807, 2.05) is 6.92 Å². The van der Waals surface area contributed by atoms with Crippen LogP contribution in [0, 0.1) is 0 Å². The molecule has 1 unspecified atom stereocenters. The fraction of sp³-hybridized carbons (Fsp3) is 0.588. The van der Waals surface area contributed by atoms with E-state index in [0.717, 1.165) is 0 Å². The van der Waals surface area contributed by atoms with Crippen LogP contribution in [0.3, 0.4) is 0 Å². The van der Waals surface area contributed by atoms with Crippen molar-refractivity contribution >= 4 is 15.7 Å². The lowest BCUT2D eigenvalue weighted by Gasteiger charge is -2.34. The molecule has 0 spiro atoms. The van der Waals surface area contributed by atoms with Gasteiger partial charge in [-0.05, 0) is 44.0 Å². The molecule has 26 heavy (non-hydrogen) atoms. The van der Waals surface area contributed by atoms with Crippen LogP contribution in [0.5, 0.6) is 5.75 Å². The highest BCUT2D eigenvalue weighted by Gasteiger charge is 2.52. The molecule has 0 bridgehead atoms. The van der Waals surface area contributed by atoms with E-state index >= 15 is 0 Å². The summed E-state index contributed by atoms with van der Waals surface area (Å²) in [6.45, 7) is 2.63. The van der Waals surface area contributed by atoms with Crippen molar-refractivity contribution < 1.29 is 32.6 Å². The highest BCUT2D eigenvalue weighted by atomic mass is 32.2. The van der Waals surface area contributed by atoms with Crippen molar-refractivity contribution in [1.29, 1.82) is 0 Å². The third kappa shape index (κ3) is 4.17. The molecule has 0 radical (unpaired) electrons. The summed E-state index contributed by atoms with van der Waals surface area (Å²) in [5, 5.41) is 9.03. The quantitative estimate of drug-likeness (QED) is 0.511. The number of benzene rings is 1. The Morgan fingerprint density at radius 3 is 2.46 bits per heavy atom. The van der Waals surface area contributed by atoms with Gasteiger partial charge in [0.25, 0.3) is 5.91 Å². The van der Waals surface area contributed by atoms with E-state index in [2.05, 4.69) is 0 Å². The smallest absolute Gasteiger partial charge is 0.265 e. The third-order valence-corrected chi connectivity index (χ3v) is 7.17. The van der Waals surface area contributed by atoms with Gasteiger partial charge in [-0.15, -0.1) is 0 Å². The van der Waals surface area contributed by atoms with E-state index in [1.54, 1.807) is 19.2 Å². The minimum absolute atomic E-state index is 0.000564. The summed E-state index contributed by atoms with van der Waals surface area (Å²) in [5.41, 5.74) is 1.50. The standard InChI is InChI=1S/C17H25NO7S/c1-13(23-2)7-10-25-14-3-5-15(6-4-14)26(21,22)17(16(19)18-20)8-11-24-12-9-17/h3-6,13,20H,7-12H2,1-2H3,(H,18,19). The number of hydrogen-bond acceptors (Lipinski definition) is 7. The molecule has 1 aliphatic heterocycles. The normalized spacial score (nSPS) is 18.1. The van der Waals surface area contributed by atoms with Crippen LogP contribution in [0.1, 0.15) is 26.2 Å². The van der Waals surface area contributed by atoms with Crippen molar-refractivity contribution in [3.05, 3.63) is 24.3 Å². The summed E-state index contributed by atoms with van der Waals surface area (Å²) < 4.78 is 40.3. The maximum atomic E-state index is 13.1. The fourth-order valence-electron chi connectivity index (χ4n) is 2.82. The minimum Gasteiger partial charge on any atom is -0.493 e. The van der Waals surface area contributed by atoms with Gasteiger partial charge in [0.05, 0.1) is 17.6 Å². The Hall–Kier alpha value is -1.68. The number of hydrogen-bond donors (Lipinski definition) is 2. The highest BCUT2D eigenvalue weighted by molar-refractivity contribution is 7.93. The average molecular weight is 387 g/mol. The van der Waals surface area contributed by atoms with Crippen LogP contribution in [0.15, 0.2) is 29.2 Å². The Balaban J connectivity index is 2.18. The maximum Gasteiger partial charge on any atom is 0.265 e. The first-order chi connectivity index (χ1) is 12.4. The first-order valence-electron chi connectivity index (χ1n) is 8.40. The zero-order chi connectivity index (χ0) is 19.2. The molecule has 1 saturated heterocycles. The van der Waals surface area contributed by atoms with Crippen LogP contribution < -0.4 is 10.2 Å². The lowest BCUT2D eigenvalue weighted by molar-refractivity contribution is -0.134. The molecule has 1 heterocycles. The topological polar surface area (TPSA) is 111 Å². The number of carbonyl (C=O) groups is 1. The monoisotopic (exact) mass is 387 g/mol. The number of rotatable bonds is 8. The second-order valence-electron chi connectivity index (χ2n) is 6.21. The number of amides is 1. The van der Waals surface area contributed by atoms with Gasteiger partial charge in [0.2, 0.25) is 0 Å². The van der Waals surface area contributed by atoms with Gasteiger partial charge in [0.15, 0.2) is 14.6 Å². The molecule has 1 aliphatic rings. The zero-order valence-electron chi connectivity index (χ0n) is 14.9. The first-order valence-corrected chi connectivity index (χ1v) is 9.88. The van der Waals surface area contributed by atoms with Crippen molar-refractivity contribution in [3.63, 3.8) is 0 Å². The Bertz CT molecular complexity index is 696. The molecular weight excluding hydrogens is 362 g/mol. The largest absolute Gasteiger partial charge is 0.493 e. The maximum absolute atomic E-state index is 13.1. The second-order valence-corrected chi connectivity index (χ2v) is 8.47. The van der Waals surface area contributed by atoms with Crippen LogP contribution in [-0.4, -0.2) is 57.3 Å². The van der Waals surface area contributed by atoms with Gasteiger partial charge >= 0.3 is 0 Å². The number of hydroxylamine groups is 1. The van der Waals surface area contributed by atoms with E-state index in [-0.39, 0.29) is 37.1 Å². The fourth-order valence-corrected chi connectivity index (χ4v) is 4.76. The molecule has 1 atom stereocenters. The lowest BCUT2D eigenvalue weighted by Crippen LogP contribution is -2.54. The number of methoxy groups -OCH3 is 1. The van der Waals surface area contributed by atoms with Crippen molar-refractivity contribution in [2.45, 2.75) is 41.9 Å². The Kier molecular flexibility index (Phi) is 6.99. The highest BCUT2D eigenvalue weighted by Crippen LogP contribution is 2.35. The minimum atomic E-state index is -4.02. The van der Waals surface area contributed by atoms with Gasteiger partial charge in [-0.3, -0.25) is 10.0 Å². The lowest BCUT2D eigenvalue weighted by atomic mass is 9.98. The molecule has 146 valence electrons. The number of ether oxygens (including phenoxy) is 3. The summed E-state index contributed by atoms with van der Waals surface area (Å²) in [4.78, 5) is 12.2. The van der Waals surface area contributed by atoms with Crippen molar-refractivity contribution in [1.82, 2.24) is 5.48 Å². The first kappa shape index (κ1) is 20.6. The second kappa shape index (κ2) is 8.81. The predicted molar refractivity (Wildman–Crippen MR) is 92.9 cm³/mol. The number of sulfone groups is 1. The summed E-state index contributed by atoms with van der Waals surface area (Å²) >= 11 is 0. The molecule has 2 N–H and O–H groups in total. The van der Waals surface area contributed by atoms with E-state index in [1.165, 1.54) is 17.6 Å². The summed E-state index contributed by atoms with van der Waals surface area (Å²) in [5.74, 6) is -0.408. The Labute approximate surface area is 153 Å². The average Bonchev–Trinajstić information content (AvgIpc) is 2.68. The van der Waals surface area contributed by atoms with Crippen LogP contribution in [0.2, 0.25) is 0 Å². The number of carbonyl (C=O) groups excluding carboxylic acids is 1. The predicted octanol–water partition coefficient (Wildman–Crippen LogP) is 1.32. The molecule has 8 nitrogen and oxygen atoms in total. The van der Waals surface area contributed by atoms with E-state index in [9.17, 15) is 13.2 Å². The van der Waals surface area contributed by atoms with E-state index in [0.29, 0.717) is 18.8 Å². The van der Waals surface area contributed by atoms with Crippen LogP contribution in [-0.2, 0) is 24.1 Å². The van der Waals surface area contributed by atoms with Crippen LogP contribution in [0.4, 0.5) is 0 Å². The van der Waals surface area contributed by atoms with Gasteiger partial charge in [-0.25, -0.2) is 13.9 Å². The summed E-state index contributed by atoms with van der Waals surface area (Å²) in [6.07, 6.45) is 0.736. The molecule has 1 aromatic carbocycles. The molecule has 2 rings (SSSR count). The van der Waals surface area contributed by atoms with Crippen LogP contribution >= 0.6 is 0 Å². The van der Waals surface area contributed by atoms with E-state index < -0.39 is 20.5 Å². The van der Waals surface area contributed by atoms with Crippen LogP contribution in [0.25, 0.3) is 0 Å². The molecule has 0 saturated carbocycles. The third-order valence-electron chi connectivity index (χ3n) is 4.66. The molecule has 1 aromatic rings. The summed E-state index contributed by atoms with van der Waals surface area (Å²) in [6, 6.07) is 5.92. The summed E-state index contributed by atoms with van der Waals surface area (Å²) in [7, 11) is -2.39. The molecule has 1 fully saturated rings. The Morgan fingerprint density at radius 1 is 1.31 bits per heavy atom. The SMILES string of the molecule is COC(C)CCOc1ccc(S(=O)(=O)C2(C(=O)NO)CCOCC2)cc1. The number of nitrogens with one attached hydrogen (secondary N) is 1. The molecule has 9 heteroatoms. The van der Waals surface area contributed by atoms with Crippen molar-refractivity contribution in [2.24, 2.45) is 0 Å². The molecular formula is C17H25NO7S. The van der Waals surface area contributed by atoms with Gasteiger partial charge < -0.3 is 14.2 Å². The van der Waals surface area contributed by atoms with Crippen molar-refractivity contribution in [2.75, 3.05) is 26.9 Å².